The Kier molecular flexibility index (Phi) is 5.71. The van der Waals surface area contributed by atoms with Crippen molar-refractivity contribution < 1.29 is 8.42 Å². The van der Waals surface area contributed by atoms with Crippen LogP contribution in [-0.2, 0) is 16.4 Å². The third-order valence-corrected chi connectivity index (χ3v) is 4.38. The largest absolute Gasteiger partial charge is 0.369 e. The predicted octanol–water partition coefficient (Wildman–Crippen LogP) is 2.28. The molecule has 0 unspecified atom stereocenters. The molecule has 0 saturated heterocycles. The van der Waals surface area contributed by atoms with Gasteiger partial charge in [-0.1, -0.05) is 30.3 Å². The van der Waals surface area contributed by atoms with E-state index >= 15 is 0 Å². The van der Waals surface area contributed by atoms with Crippen LogP contribution in [0.5, 0.6) is 0 Å². The zero-order chi connectivity index (χ0) is 15.8. The van der Waals surface area contributed by atoms with Gasteiger partial charge >= 0.3 is 0 Å². The van der Waals surface area contributed by atoms with Gasteiger partial charge in [-0.25, -0.2) is 8.42 Å². The van der Waals surface area contributed by atoms with E-state index in [4.69, 9.17) is 0 Å². The van der Waals surface area contributed by atoms with Crippen LogP contribution in [0.1, 0.15) is 18.9 Å². The van der Waals surface area contributed by atoms with E-state index in [1.165, 1.54) is 5.56 Å². The van der Waals surface area contributed by atoms with E-state index in [1.807, 2.05) is 18.2 Å². The van der Waals surface area contributed by atoms with E-state index in [0.717, 1.165) is 19.4 Å². The molecule has 118 valence electrons. The highest BCUT2D eigenvalue weighted by molar-refractivity contribution is 7.92. The monoisotopic (exact) mass is 320 g/mol. The molecule has 0 atom stereocenters. The summed E-state index contributed by atoms with van der Waals surface area (Å²) in [4.78, 5) is 0. The molecule has 7 heteroatoms. The highest BCUT2D eigenvalue weighted by Crippen LogP contribution is 2.08. The molecule has 22 heavy (non-hydrogen) atoms. The Hall–Kier alpha value is -2.15. The summed E-state index contributed by atoms with van der Waals surface area (Å²) >= 11 is 0. The number of rotatable bonds is 8. The summed E-state index contributed by atoms with van der Waals surface area (Å²) in [5.41, 5.74) is 1.31. The molecule has 2 aromatic rings. The first-order valence-corrected chi connectivity index (χ1v) is 8.86. The molecule has 0 aliphatic carbocycles. The quantitative estimate of drug-likeness (QED) is 0.729. The molecule has 0 amide bonds. The number of hydrogen-bond donors (Lipinski definition) is 2. The van der Waals surface area contributed by atoms with Gasteiger partial charge in [0.25, 0.3) is 0 Å². The van der Waals surface area contributed by atoms with Crippen LogP contribution in [0.25, 0.3) is 0 Å². The molecule has 0 aliphatic rings. The van der Waals surface area contributed by atoms with Crippen molar-refractivity contribution in [1.29, 1.82) is 0 Å². The zero-order valence-corrected chi connectivity index (χ0v) is 13.3. The molecular weight excluding hydrogens is 300 g/mol. The molecule has 1 aromatic carbocycles. The Morgan fingerprint density at radius 1 is 1.00 bits per heavy atom. The maximum Gasteiger partial charge on any atom is 0.233 e. The molecule has 0 radical (unpaired) electrons. The van der Waals surface area contributed by atoms with Gasteiger partial charge in [0.05, 0.1) is 5.75 Å². The van der Waals surface area contributed by atoms with E-state index < -0.39 is 10.0 Å². The number of hydrogen-bond acceptors (Lipinski definition) is 5. The van der Waals surface area contributed by atoms with Gasteiger partial charge in [-0.15, -0.1) is 10.2 Å². The predicted molar refractivity (Wildman–Crippen MR) is 88.4 cm³/mol. The Morgan fingerprint density at radius 3 is 2.32 bits per heavy atom. The van der Waals surface area contributed by atoms with Crippen molar-refractivity contribution in [3.05, 3.63) is 48.0 Å². The zero-order valence-electron chi connectivity index (χ0n) is 12.5. The average molecular weight is 320 g/mol. The first-order chi connectivity index (χ1) is 10.6. The van der Waals surface area contributed by atoms with Crippen LogP contribution < -0.4 is 10.0 Å². The Labute approximate surface area is 131 Å². The van der Waals surface area contributed by atoms with Crippen molar-refractivity contribution in [2.45, 2.75) is 19.8 Å². The minimum absolute atomic E-state index is 0.00810. The normalized spacial score (nSPS) is 11.1. The van der Waals surface area contributed by atoms with Gasteiger partial charge in [0.1, 0.15) is 5.82 Å². The fraction of sp³-hybridized carbons (Fsp3) is 0.333. The summed E-state index contributed by atoms with van der Waals surface area (Å²) in [6.45, 7) is 2.35. The van der Waals surface area contributed by atoms with Crippen molar-refractivity contribution in [3.63, 3.8) is 0 Å². The molecule has 0 fully saturated rings. The number of aromatic nitrogens is 2. The molecule has 0 spiro atoms. The third kappa shape index (κ3) is 5.33. The summed E-state index contributed by atoms with van der Waals surface area (Å²) in [5, 5.41) is 11.0. The van der Waals surface area contributed by atoms with Gasteiger partial charge in [-0.2, -0.15) is 0 Å². The minimum atomic E-state index is -3.31. The highest BCUT2D eigenvalue weighted by Gasteiger charge is 2.07. The first-order valence-electron chi connectivity index (χ1n) is 7.21. The number of nitrogens with zero attached hydrogens (tertiary/aromatic N) is 2. The van der Waals surface area contributed by atoms with E-state index in [-0.39, 0.29) is 11.6 Å². The SMILES string of the molecule is CCS(=O)(=O)Nc1ccc(NCCCc2ccccc2)nn1. The van der Waals surface area contributed by atoms with Crippen LogP contribution >= 0.6 is 0 Å². The molecule has 6 nitrogen and oxygen atoms in total. The Bertz CT molecular complexity index is 672. The van der Waals surface area contributed by atoms with Crippen molar-refractivity contribution in [1.82, 2.24) is 10.2 Å². The summed E-state index contributed by atoms with van der Waals surface area (Å²) < 4.78 is 25.2. The second kappa shape index (κ2) is 7.74. The van der Waals surface area contributed by atoms with Gasteiger partial charge in [0, 0.05) is 6.54 Å². The lowest BCUT2D eigenvalue weighted by Crippen LogP contribution is -2.16. The van der Waals surface area contributed by atoms with Gasteiger partial charge in [0.15, 0.2) is 5.82 Å². The van der Waals surface area contributed by atoms with Gasteiger partial charge < -0.3 is 5.32 Å². The Balaban J connectivity index is 1.77. The van der Waals surface area contributed by atoms with Crippen molar-refractivity contribution >= 4 is 21.7 Å². The molecular formula is C15H20N4O2S. The van der Waals surface area contributed by atoms with E-state index in [2.05, 4.69) is 32.4 Å². The summed E-state index contributed by atoms with van der Waals surface area (Å²) in [6, 6.07) is 13.6. The van der Waals surface area contributed by atoms with E-state index in [0.29, 0.717) is 5.82 Å². The van der Waals surface area contributed by atoms with Crippen LogP contribution in [0.3, 0.4) is 0 Å². The summed E-state index contributed by atoms with van der Waals surface area (Å²) in [6.07, 6.45) is 1.98. The summed E-state index contributed by atoms with van der Waals surface area (Å²) in [7, 11) is -3.31. The topological polar surface area (TPSA) is 84.0 Å². The van der Waals surface area contributed by atoms with Gasteiger partial charge in [-0.3, -0.25) is 4.72 Å². The van der Waals surface area contributed by atoms with Crippen LogP contribution in [0.2, 0.25) is 0 Å². The lowest BCUT2D eigenvalue weighted by molar-refractivity contribution is 0.602. The lowest BCUT2D eigenvalue weighted by atomic mass is 10.1. The van der Waals surface area contributed by atoms with E-state index in [1.54, 1.807) is 19.1 Å². The van der Waals surface area contributed by atoms with Crippen LogP contribution in [0.15, 0.2) is 42.5 Å². The smallest absolute Gasteiger partial charge is 0.233 e. The fourth-order valence-corrected chi connectivity index (χ4v) is 2.44. The van der Waals surface area contributed by atoms with Crippen molar-refractivity contribution in [2.24, 2.45) is 0 Å². The maximum absolute atomic E-state index is 11.4. The third-order valence-electron chi connectivity index (χ3n) is 3.10. The van der Waals surface area contributed by atoms with Crippen molar-refractivity contribution in [2.75, 3.05) is 22.3 Å². The molecule has 0 aliphatic heterocycles. The van der Waals surface area contributed by atoms with Crippen LogP contribution in [0, 0.1) is 0 Å². The van der Waals surface area contributed by atoms with Gasteiger partial charge in [0.2, 0.25) is 10.0 Å². The number of sulfonamides is 1. The Morgan fingerprint density at radius 2 is 1.68 bits per heavy atom. The molecule has 2 rings (SSSR count). The molecule has 1 heterocycles. The second-order valence-corrected chi connectivity index (χ2v) is 6.84. The first kappa shape index (κ1) is 16.2. The number of nitrogens with one attached hydrogen (secondary N) is 2. The number of aryl methyl sites for hydroxylation is 1. The average Bonchev–Trinajstić information content (AvgIpc) is 2.54. The van der Waals surface area contributed by atoms with Crippen LogP contribution in [0.4, 0.5) is 11.6 Å². The second-order valence-electron chi connectivity index (χ2n) is 4.83. The maximum atomic E-state index is 11.4. The van der Waals surface area contributed by atoms with E-state index in [9.17, 15) is 8.42 Å². The standard InChI is InChI=1S/C15H20N4O2S/c1-2-22(20,21)19-15-11-10-14(17-18-15)16-12-6-9-13-7-4-3-5-8-13/h3-5,7-8,10-11H,2,6,9,12H2,1H3,(H,16,17)(H,18,19). The number of benzene rings is 1. The molecule has 0 bridgehead atoms. The molecule has 0 saturated carbocycles. The molecule has 1 aromatic heterocycles. The lowest BCUT2D eigenvalue weighted by Gasteiger charge is -2.07. The fourth-order valence-electron chi connectivity index (χ4n) is 1.87. The minimum Gasteiger partial charge on any atom is -0.369 e. The van der Waals surface area contributed by atoms with Gasteiger partial charge in [-0.05, 0) is 37.5 Å². The molecule has 2 N–H and O–H groups in total. The van der Waals surface area contributed by atoms with Crippen LogP contribution in [-0.4, -0.2) is 30.9 Å². The highest BCUT2D eigenvalue weighted by atomic mass is 32.2. The summed E-state index contributed by atoms with van der Waals surface area (Å²) in [5.74, 6) is 0.873. The number of anilines is 2. The van der Waals surface area contributed by atoms with Crippen molar-refractivity contribution in [3.8, 4) is 0 Å².